The highest BCUT2D eigenvalue weighted by molar-refractivity contribution is 5.81. The van der Waals surface area contributed by atoms with Gasteiger partial charge in [-0.3, -0.25) is 9.59 Å². The van der Waals surface area contributed by atoms with Crippen molar-refractivity contribution in [3.05, 3.63) is 0 Å². The lowest BCUT2D eigenvalue weighted by Crippen LogP contribution is -2.41. The summed E-state index contributed by atoms with van der Waals surface area (Å²) in [6, 6.07) is -1.10. The second kappa shape index (κ2) is 5.49. The summed E-state index contributed by atoms with van der Waals surface area (Å²) in [5.41, 5.74) is 4.80. The van der Waals surface area contributed by atoms with Crippen LogP contribution in [-0.4, -0.2) is 28.7 Å². The fourth-order valence-electron chi connectivity index (χ4n) is 1.93. The van der Waals surface area contributed by atoms with E-state index in [1.165, 1.54) is 0 Å². The van der Waals surface area contributed by atoms with Crippen molar-refractivity contribution in [3.8, 4) is 0 Å². The van der Waals surface area contributed by atoms with Gasteiger partial charge in [0, 0.05) is 0 Å². The van der Waals surface area contributed by atoms with Crippen molar-refractivity contribution in [2.75, 3.05) is 0 Å². The number of carbonyl (C=O) groups excluding carboxylic acids is 1. The standard InChI is InChI=1S/C12H23NO4/c1-11(2,3)7-12(4,5)17-10(16)8(13)6-9(14)15/h8H,6-7,13H2,1-5H3,(H,14,15)/t8-/m0/s1. The molecule has 0 aliphatic heterocycles. The molecule has 0 bridgehead atoms. The number of carboxylic acid groups (broad SMARTS) is 1. The minimum absolute atomic E-state index is 0.0146. The molecule has 0 rings (SSSR count). The van der Waals surface area contributed by atoms with Crippen LogP contribution in [0, 0.1) is 5.41 Å². The predicted molar refractivity (Wildman–Crippen MR) is 64.5 cm³/mol. The summed E-state index contributed by atoms with van der Waals surface area (Å²) in [6.45, 7) is 9.71. The summed E-state index contributed by atoms with van der Waals surface area (Å²) in [5.74, 6) is -1.77. The van der Waals surface area contributed by atoms with E-state index in [1.807, 2.05) is 20.8 Å². The Morgan fingerprint density at radius 1 is 1.24 bits per heavy atom. The van der Waals surface area contributed by atoms with Crippen molar-refractivity contribution >= 4 is 11.9 Å². The molecule has 3 N–H and O–H groups in total. The van der Waals surface area contributed by atoms with Crippen LogP contribution in [0.5, 0.6) is 0 Å². The van der Waals surface area contributed by atoms with Gasteiger partial charge in [-0.05, 0) is 25.7 Å². The van der Waals surface area contributed by atoms with Crippen molar-refractivity contribution < 1.29 is 19.4 Å². The Bertz CT molecular complexity index is 291. The van der Waals surface area contributed by atoms with E-state index in [0.717, 1.165) is 0 Å². The molecular weight excluding hydrogens is 222 g/mol. The van der Waals surface area contributed by atoms with Crippen LogP contribution in [0.1, 0.15) is 47.5 Å². The zero-order valence-electron chi connectivity index (χ0n) is 11.2. The minimum Gasteiger partial charge on any atom is -0.481 e. The van der Waals surface area contributed by atoms with E-state index in [1.54, 1.807) is 13.8 Å². The number of hydrogen-bond acceptors (Lipinski definition) is 4. The van der Waals surface area contributed by atoms with E-state index in [2.05, 4.69) is 0 Å². The van der Waals surface area contributed by atoms with Crippen LogP contribution in [0.4, 0.5) is 0 Å². The molecule has 0 aromatic carbocycles. The topological polar surface area (TPSA) is 89.6 Å². The molecule has 100 valence electrons. The molecule has 0 aromatic heterocycles. The Hall–Kier alpha value is -1.10. The molecule has 0 aliphatic carbocycles. The lowest BCUT2D eigenvalue weighted by Gasteiger charge is -2.32. The van der Waals surface area contributed by atoms with Crippen LogP contribution in [0.2, 0.25) is 0 Å². The minimum atomic E-state index is -1.11. The average molecular weight is 245 g/mol. The summed E-state index contributed by atoms with van der Waals surface area (Å²) >= 11 is 0. The molecule has 0 radical (unpaired) electrons. The molecular formula is C12H23NO4. The normalized spacial score (nSPS) is 14.2. The molecule has 0 fully saturated rings. The zero-order chi connectivity index (χ0) is 13.9. The predicted octanol–water partition coefficient (Wildman–Crippen LogP) is 1.55. The van der Waals surface area contributed by atoms with Gasteiger partial charge in [0.25, 0.3) is 0 Å². The largest absolute Gasteiger partial charge is 0.481 e. The van der Waals surface area contributed by atoms with Crippen LogP contribution in [0.3, 0.4) is 0 Å². The highest BCUT2D eigenvalue weighted by Gasteiger charge is 2.31. The summed E-state index contributed by atoms with van der Waals surface area (Å²) in [5, 5.41) is 8.53. The first-order valence-electron chi connectivity index (χ1n) is 5.63. The van der Waals surface area contributed by atoms with Crippen molar-refractivity contribution in [1.29, 1.82) is 0 Å². The molecule has 17 heavy (non-hydrogen) atoms. The third-order valence-electron chi connectivity index (χ3n) is 2.03. The first-order chi connectivity index (χ1) is 7.43. The van der Waals surface area contributed by atoms with Crippen molar-refractivity contribution in [2.45, 2.75) is 59.1 Å². The molecule has 5 heteroatoms. The lowest BCUT2D eigenvalue weighted by molar-refractivity contribution is -0.162. The Kier molecular flexibility index (Phi) is 5.13. The van der Waals surface area contributed by atoms with Gasteiger partial charge in [0.2, 0.25) is 0 Å². The number of esters is 1. The number of aliphatic carboxylic acids is 1. The van der Waals surface area contributed by atoms with Gasteiger partial charge in [0.05, 0.1) is 6.42 Å². The van der Waals surface area contributed by atoms with Crippen LogP contribution in [0.25, 0.3) is 0 Å². The number of rotatable bonds is 5. The van der Waals surface area contributed by atoms with Gasteiger partial charge in [-0.1, -0.05) is 20.8 Å². The molecule has 0 heterocycles. The fraction of sp³-hybridized carbons (Fsp3) is 0.833. The molecule has 0 saturated carbocycles. The Morgan fingerprint density at radius 3 is 2.06 bits per heavy atom. The summed E-state index contributed by atoms with van der Waals surface area (Å²) < 4.78 is 5.25. The number of carbonyl (C=O) groups is 2. The van der Waals surface area contributed by atoms with Gasteiger partial charge < -0.3 is 15.6 Å². The van der Waals surface area contributed by atoms with E-state index in [0.29, 0.717) is 6.42 Å². The third kappa shape index (κ3) is 7.74. The summed E-state index contributed by atoms with van der Waals surface area (Å²) in [7, 11) is 0. The second-order valence-corrected chi connectivity index (χ2v) is 6.12. The van der Waals surface area contributed by atoms with Crippen molar-refractivity contribution in [2.24, 2.45) is 11.1 Å². The smallest absolute Gasteiger partial charge is 0.324 e. The number of hydrogen-bond donors (Lipinski definition) is 2. The summed E-state index contributed by atoms with van der Waals surface area (Å²) in [4.78, 5) is 22.0. The maximum absolute atomic E-state index is 11.6. The van der Waals surface area contributed by atoms with Crippen LogP contribution < -0.4 is 5.73 Å². The average Bonchev–Trinajstić information content (AvgIpc) is 1.95. The van der Waals surface area contributed by atoms with Gasteiger partial charge in [-0.2, -0.15) is 0 Å². The fourth-order valence-corrected chi connectivity index (χ4v) is 1.93. The third-order valence-corrected chi connectivity index (χ3v) is 2.03. The van der Waals surface area contributed by atoms with Crippen LogP contribution >= 0.6 is 0 Å². The van der Waals surface area contributed by atoms with E-state index < -0.39 is 30.0 Å². The Morgan fingerprint density at radius 2 is 1.71 bits per heavy atom. The number of nitrogens with two attached hydrogens (primary N) is 1. The maximum atomic E-state index is 11.6. The molecule has 0 aromatic rings. The van der Waals surface area contributed by atoms with Gasteiger partial charge in [-0.25, -0.2) is 0 Å². The van der Waals surface area contributed by atoms with Gasteiger partial charge in [-0.15, -0.1) is 0 Å². The van der Waals surface area contributed by atoms with Crippen molar-refractivity contribution in [3.63, 3.8) is 0 Å². The first kappa shape index (κ1) is 15.9. The van der Waals surface area contributed by atoms with Gasteiger partial charge in [0.15, 0.2) is 0 Å². The summed E-state index contributed by atoms with van der Waals surface area (Å²) in [6.07, 6.45) is 0.260. The Labute approximate surface area is 102 Å². The van der Waals surface area contributed by atoms with Gasteiger partial charge in [0.1, 0.15) is 11.6 Å². The second-order valence-electron chi connectivity index (χ2n) is 6.12. The van der Waals surface area contributed by atoms with Crippen LogP contribution in [-0.2, 0) is 14.3 Å². The maximum Gasteiger partial charge on any atom is 0.324 e. The number of carboxylic acids is 1. The molecule has 0 spiro atoms. The Balaban J connectivity index is 4.41. The molecule has 0 unspecified atom stereocenters. The number of ether oxygens (including phenoxy) is 1. The zero-order valence-corrected chi connectivity index (χ0v) is 11.2. The van der Waals surface area contributed by atoms with Crippen LogP contribution in [0.15, 0.2) is 0 Å². The first-order valence-corrected chi connectivity index (χ1v) is 5.63. The quantitative estimate of drug-likeness (QED) is 0.717. The lowest BCUT2D eigenvalue weighted by atomic mass is 9.83. The highest BCUT2D eigenvalue weighted by atomic mass is 16.6. The van der Waals surface area contributed by atoms with Gasteiger partial charge >= 0.3 is 11.9 Å². The molecule has 5 nitrogen and oxygen atoms in total. The van der Waals surface area contributed by atoms with E-state index in [-0.39, 0.29) is 5.41 Å². The molecule has 0 amide bonds. The van der Waals surface area contributed by atoms with E-state index in [4.69, 9.17) is 15.6 Å². The molecule has 1 atom stereocenters. The van der Waals surface area contributed by atoms with E-state index in [9.17, 15) is 9.59 Å². The SMILES string of the molecule is CC(C)(C)CC(C)(C)OC(=O)[C@@H](N)CC(=O)O. The molecule has 0 aliphatic rings. The highest BCUT2D eigenvalue weighted by Crippen LogP contribution is 2.29. The molecule has 0 saturated heterocycles. The van der Waals surface area contributed by atoms with Crippen molar-refractivity contribution in [1.82, 2.24) is 0 Å². The monoisotopic (exact) mass is 245 g/mol. The van der Waals surface area contributed by atoms with E-state index >= 15 is 0 Å².